The zero-order chi connectivity index (χ0) is 7.28. The highest BCUT2D eigenvalue weighted by Gasteiger charge is 2.52. The van der Waals surface area contributed by atoms with Gasteiger partial charge in [0.2, 0.25) is 0 Å². The molecule has 0 amide bonds. The van der Waals surface area contributed by atoms with Gasteiger partial charge in [-0.3, -0.25) is 0 Å². The average molecular weight is 142 g/mol. The fourth-order valence-electron chi connectivity index (χ4n) is 1.95. The Hall–Kier alpha value is 0.217. The molecule has 1 aliphatic rings. The monoisotopic (exact) mass is 142 g/mol. The standard InChI is InChI=1S/C8H18Si/c1-8(2)6-7(8)9(3,4)5/h7H,6H2,1-5H3/t7-/m1/s1. The molecule has 0 radical (unpaired) electrons. The summed E-state index contributed by atoms with van der Waals surface area (Å²) in [5, 5.41) is 0. The van der Waals surface area contributed by atoms with Gasteiger partial charge in [0, 0.05) is 8.07 Å². The quantitative estimate of drug-likeness (QED) is 0.493. The van der Waals surface area contributed by atoms with Gasteiger partial charge in [0.1, 0.15) is 0 Å². The maximum Gasteiger partial charge on any atom is 0.0479 e. The first-order valence-electron chi connectivity index (χ1n) is 3.84. The smallest absolute Gasteiger partial charge is 0.0479 e. The highest BCUT2D eigenvalue weighted by Crippen LogP contribution is 2.61. The van der Waals surface area contributed by atoms with Gasteiger partial charge < -0.3 is 0 Å². The van der Waals surface area contributed by atoms with Gasteiger partial charge in [-0.25, -0.2) is 0 Å². The summed E-state index contributed by atoms with van der Waals surface area (Å²) in [7, 11) is -0.759. The van der Waals surface area contributed by atoms with Crippen LogP contribution in [-0.2, 0) is 0 Å². The van der Waals surface area contributed by atoms with Crippen molar-refractivity contribution in [1.29, 1.82) is 0 Å². The van der Waals surface area contributed by atoms with Crippen molar-refractivity contribution in [2.75, 3.05) is 0 Å². The minimum atomic E-state index is -0.759. The summed E-state index contributed by atoms with van der Waals surface area (Å²) in [5.74, 6) is 0. The SMILES string of the molecule is CC1(C)C[C@H]1[Si](C)(C)C. The molecule has 0 heterocycles. The Bertz CT molecular complexity index is 119. The minimum Gasteiger partial charge on any atom is -0.0693 e. The Labute approximate surface area is 59.7 Å². The van der Waals surface area contributed by atoms with Crippen molar-refractivity contribution in [3.63, 3.8) is 0 Å². The molecule has 9 heavy (non-hydrogen) atoms. The van der Waals surface area contributed by atoms with Gasteiger partial charge in [0.25, 0.3) is 0 Å². The molecule has 0 nitrogen and oxygen atoms in total. The van der Waals surface area contributed by atoms with Crippen LogP contribution in [0.4, 0.5) is 0 Å². The van der Waals surface area contributed by atoms with Gasteiger partial charge in [-0.1, -0.05) is 33.5 Å². The maximum atomic E-state index is 2.48. The van der Waals surface area contributed by atoms with E-state index in [1.165, 1.54) is 6.42 Å². The molecule has 0 N–H and O–H groups in total. The lowest BCUT2D eigenvalue weighted by molar-refractivity contribution is 0.647. The van der Waals surface area contributed by atoms with Gasteiger partial charge in [-0.2, -0.15) is 0 Å². The summed E-state index contributed by atoms with van der Waals surface area (Å²) in [5.41, 5.74) is 1.81. The molecule has 1 aliphatic carbocycles. The van der Waals surface area contributed by atoms with Gasteiger partial charge in [-0.15, -0.1) is 0 Å². The van der Waals surface area contributed by atoms with Crippen LogP contribution < -0.4 is 0 Å². The largest absolute Gasteiger partial charge is 0.0693 e. The third-order valence-electron chi connectivity index (χ3n) is 2.56. The van der Waals surface area contributed by atoms with E-state index in [1.807, 2.05) is 0 Å². The van der Waals surface area contributed by atoms with Crippen LogP contribution in [-0.4, -0.2) is 8.07 Å². The van der Waals surface area contributed by atoms with E-state index >= 15 is 0 Å². The van der Waals surface area contributed by atoms with Crippen LogP contribution in [0.25, 0.3) is 0 Å². The Balaban J connectivity index is 2.52. The highest BCUT2D eigenvalue weighted by atomic mass is 28.3. The molecule has 1 fully saturated rings. The fraction of sp³-hybridized carbons (Fsp3) is 1.00. The zero-order valence-electron chi connectivity index (χ0n) is 7.28. The van der Waals surface area contributed by atoms with Crippen LogP contribution in [0.5, 0.6) is 0 Å². The number of hydrogen-bond acceptors (Lipinski definition) is 0. The molecule has 1 atom stereocenters. The molecular formula is C8H18Si. The molecule has 0 aromatic carbocycles. The lowest BCUT2D eigenvalue weighted by Crippen LogP contribution is -2.22. The molecular weight excluding hydrogens is 124 g/mol. The second kappa shape index (κ2) is 1.63. The van der Waals surface area contributed by atoms with Crippen molar-refractivity contribution in [2.45, 2.75) is 45.5 Å². The molecule has 0 aliphatic heterocycles. The van der Waals surface area contributed by atoms with E-state index in [4.69, 9.17) is 0 Å². The van der Waals surface area contributed by atoms with E-state index in [-0.39, 0.29) is 0 Å². The second-order valence-corrected chi connectivity index (χ2v) is 10.5. The molecule has 0 aromatic rings. The average Bonchev–Trinajstić information content (AvgIpc) is 2.10. The van der Waals surface area contributed by atoms with Crippen molar-refractivity contribution in [2.24, 2.45) is 5.41 Å². The number of rotatable bonds is 1. The van der Waals surface area contributed by atoms with Gasteiger partial charge in [0.05, 0.1) is 0 Å². The second-order valence-electron chi connectivity index (χ2n) is 5.11. The predicted molar refractivity (Wildman–Crippen MR) is 45.5 cm³/mol. The molecule has 0 aromatic heterocycles. The topological polar surface area (TPSA) is 0 Å². The first-order chi connectivity index (χ1) is 3.84. The first kappa shape index (κ1) is 7.33. The third-order valence-corrected chi connectivity index (χ3v) is 5.64. The maximum absolute atomic E-state index is 2.48. The summed E-state index contributed by atoms with van der Waals surface area (Å²) in [4.78, 5) is 0. The molecule has 1 heteroatoms. The molecule has 0 unspecified atom stereocenters. The van der Waals surface area contributed by atoms with Crippen molar-refractivity contribution in [1.82, 2.24) is 0 Å². The Morgan fingerprint density at radius 2 is 1.56 bits per heavy atom. The van der Waals surface area contributed by atoms with Crippen LogP contribution in [0.15, 0.2) is 0 Å². The van der Waals surface area contributed by atoms with E-state index < -0.39 is 8.07 Å². The summed E-state index contributed by atoms with van der Waals surface area (Å²) in [6, 6.07) is 0. The Morgan fingerprint density at radius 1 is 1.22 bits per heavy atom. The van der Waals surface area contributed by atoms with Crippen LogP contribution in [0, 0.1) is 5.41 Å². The Kier molecular flexibility index (Phi) is 1.32. The predicted octanol–water partition coefficient (Wildman–Crippen LogP) is 3.12. The van der Waals surface area contributed by atoms with Crippen molar-refractivity contribution < 1.29 is 0 Å². The lowest BCUT2D eigenvalue weighted by Gasteiger charge is -2.17. The van der Waals surface area contributed by atoms with Crippen LogP contribution in [0.2, 0.25) is 25.2 Å². The lowest BCUT2D eigenvalue weighted by atomic mass is 10.2. The van der Waals surface area contributed by atoms with E-state index in [2.05, 4.69) is 33.5 Å². The van der Waals surface area contributed by atoms with E-state index in [1.54, 1.807) is 0 Å². The summed E-state index contributed by atoms with van der Waals surface area (Å²) < 4.78 is 0. The van der Waals surface area contributed by atoms with E-state index in [0.29, 0.717) is 5.41 Å². The first-order valence-corrected chi connectivity index (χ1v) is 7.42. The molecule has 0 bridgehead atoms. The normalized spacial score (nSPS) is 32.3. The van der Waals surface area contributed by atoms with Crippen molar-refractivity contribution in [3.8, 4) is 0 Å². The molecule has 54 valence electrons. The molecule has 0 saturated heterocycles. The molecule has 1 saturated carbocycles. The molecule has 1 rings (SSSR count). The van der Waals surface area contributed by atoms with Crippen LogP contribution in [0.3, 0.4) is 0 Å². The third kappa shape index (κ3) is 1.37. The van der Waals surface area contributed by atoms with Gasteiger partial charge >= 0.3 is 0 Å². The Morgan fingerprint density at radius 3 is 1.56 bits per heavy atom. The molecule has 0 spiro atoms. The van der Waals surface area contributed by atoms with E-state index in [9.17, 15) is 0 Å². The van der Waals surface area contributed by atoms with Gasteiger partial charge in [0.15, 0.2) is 0 Å². The van der Waals surface area contributed by atoms with E-state index in [0.717, 1.165) is 5.54 Å². The fourth-order valence-corrected chi connectivity index (χ4v) is 5.43. The number of hydrogen-bond donors (Lipinski definition) is 0. The van der Waals surface area contributed by atoms with Crippen LogP contribution >= 0.6 is 0 Å². The van der Waals surface area contributed by atoms with Crippen LogP contribution in [0.1, 0.15) is 20.3 Å². The summed E-state index contributed by atoms with van der Waals surface area (Å²) in [6.07, 6.45) is 1.49. The highest BCUT2D eigenvalue weighted by molar-refractivity contribution is 6.78. The van der Waals surface area contributed by atoms with Gasteiger partial charge in [-0.05, 0) is 17.4 Å². The zero-order valence-corrected chi connectivity index (χ0v) is 8.28. The minimum absolute atomic E-state index is 0.713. The van der Waals surface area contributed by atoms with Crippen molar-refractivity contribution >= 4 is 8.07 Å². The summed E-state index contributed by atoms with van der Waals surface area (Å²) >= 11 is 0. The van der Waals surface area contributed by atoms with Crippen molar-refractivity contribution in [3.05, 3.63) is 0 Å². The summed E-state index contributed by atoms with van der Waals surface area (Å²) in [6.45, 7) is 12.2.